The van der Waals surface area contributed by atoms with Crippen molar-refractivity contribution in [3.63, 3.8) is 0 Å². The highest BCUT2D eigenvalue weighted by atomic mass is 16.6. The molecule has 6 heteroatoms. The maximum atomic E-state index is 12.3. The van der Waals surface area contributed by atoms with Gasteiger partial charge in [-0.05, 0) is 45.7 Å². The van der Waals surface area contributed by atoms with Crippen LogP contribution in [0.25, 0.3) is 11.0 Å². The number of fused-ring (bicyclic) bond motifs is 1. The minimum atomic E-state index is -0.491. The Bertz CT molecular complexity index is 727. The van der Waals surface area contributed by atoms with Crippen LogP contribution in [0.2, 0.25) is 0 Å². The van der Waals surface area contributed by atoms with Crippen molar-refractivity contribution >= 4 is 17.1 Å². The Morgan fingerprint density at radius 1 is 1.29 bits per heavy atom. The highest BCUT2D eigenvalue weighted by Gasteiger charge is 2.32. The largest absolute Gasteiger partial charge is 0.474 e. The molecule has 1 aliphatic rings. The highest BCUT2D eigenvalue weighted by molar-refractivity contribution is 5.74. The molecule has 1 aliphatic heterocycles. The fraction of sp³-hybridized carbons (Fsp3) is 0.500. The first-order valence-electron chi connectivity index (χ1n) is 8.26. The van der Waals surface area contributed by atoms with E-state index >= 15 is 0 Å². The first-order valence-corrected chi connectivity index (χ1v) is 8.26. The third kappa shape index (κ3) is 3.93. The van der Waals surface area contributed by atoms with Gasteiger partial charge in [-0.25, -0.2) is 14.8 Å². The van der Waals surface area contributed by atoms with Gasteiger partial charge in [0.15, 0.2) is 0 Å². The van der Waals surface area contributed by atoms with Gasteiger partial charge in [-0.2, -0.15) is 0 Å². The quantitative estimate of drug-likeness (QED) is 0.863. The summed E-state index contributed by atoms with van der Waals surface area (Å²) in [6.45, 7) is 6.71. The number of hydrogen-bond donors (Lipinski definition) is 0. The average Bonchev–Trinajstić information content (AvgIpc) is 3.00. The van der Waals surface area contributed by atoms with Crippen LogP contribution in [-0.4, -0.2) is 45.8 Å². The number of aromatic nitrogens is 2. The van der Waals surface area contributed by atoms with Crippen LogP contribution in [-0.2, 0) is 4.74 Å². The molecule has 1 amide bonds. The van der Waals surface area contributed by atoms with Crippen LogP contribution in [0.1, 0.15) is 33.6 Å². The van der Waals surface area contributed by atoms with Crippen LogP contribution in [0.15, 0.2) is 30.5 Å². The van der Waals surface area contributed by atoms with Gasteiger partial charge in [0.1, 0.15) is 12.2 Å². The highest BCUT2D eigenvalue weighted by Crippen LogP contribution is 2.22. The zero-order valence-corrected chi connectivity index (χ0v) is 14.4. The van der Waals surface area contributed by atoms with E-state index in [4.69, 9.17) is 9.47 Å². The Hall–Kier alpha value is -2.37. The maximum Gasteiger partial charge on any atom is 0.410 e. The normalized spacial score (nSPS) is 18.0. The Kier molecular flexibility index (Phi) is 4.55. The topological polar surface area (TPSA) is 64.5 Å². The van der Waals surface area contributed by atoms with Crippen LogP contribution in [0.5, 0.6) is 5.88 Å². The first kappa shape index (κ1) is 16.5. The van der Waals surface area contributed by atoms with E-state index < -0.39 is 5.60 Å². The van der Waals surface area contributed by atoms with E-state index in [1.807, 2.05) is 45.0 Å². The zero-order chi connectivity index (χ0) is 17.2. The van der Waals surface area contributed by atoms with Gasteiger partial charge >= 0.3 is 6.09 Å². The van der Waals surface area contributed by atoms with Crippen molar-refractivity contribution in [2.75, 3.05) is 13.2 Å². The van der Waals surface area contributed by atoms with E-state index in [-0.39, 0.29) is 12.1 Å². The van der Waals surface area contributed by atoms with Crippen LogP contribution in [0.4, 0.5) is 4.79 Å². The SMILES string of the molecule is CC(C)(C)OC(=O)N1CCC[C@H]1COc1cnc2ccccc2n1. The van der Waals surface area contributed by atoms with Crippen molar-refractivity contribution in [3.05, 3.63) is 30.5 Å². The summed E-state index contributed by atoms with van der Waals surface area (Å²) in [7, 11) is 0. The van der Waals surface area contributed by atoms with E-state index in [0.29, 0.717) is 19.0 Å². The summed E-state index contributed by atoms with van der Waals surface area (Å²) in [5.74, 6) is 0.477. The van der Waals surface area contributed by atoms with Crippen LogP contribution in [0.3, 0.4) is 0 Å². The van der Waals surface area contributed by atoms with Gasteiger partial charge in [-0.3, -0.25) is 0 Å². The molecule has 24 heavy (non-hydrogen) atoms. The predicted octanol–water partition coefficient (Wildman–Crippen LogP) is 3.41. The monoisotopic (exact) mass is 329 g/mol. The number of carbonyl (C=O) groups excluding carboxylic acids is 1. The molecule has 1 atom stereocenters. The van der Waals surface area contributed by atoms with Gasteiger partial charge < -0.3 is 14.4 Å². The summed E-state index contributed by atoms with van der Waals surface area (Å²) in [4.78, 5) is 22.8. The van der Waals surface area contributed by atoms with E-state index in [0.717, 1.165) is 23.9 Å². The summed E-state index contributed by atoms with van der Waals surface area (Å²) < 4.78 is 11.3. The minimum absolute atomic E-state index is 0.00752. The van der Waals surface area contributed by atoms with Crippen molar-refractivity contribution in [2.45, 2.75) is 45.3 Å². The number of nitrogens with zero attached hydrogens (tertiary/aromatic N) is 3. The minimum Gasteiger partial charge on any atom is -0.474 e. The molecule has 0 aliphatic carbocycles. The number of ether oxygens (including phenoxy) is 2. The Labute approximate surface area is 141 Å². The third-order valence-electron chi connectivity index (χ3n) is 3.86. The first-order chi connectivity index (χ1) is 11.4. The lowest BCUT2D eigenvalue weighted by atomic mass is 10.2. The molecule has 1 fully saturated rings. The number of benzene rings is 1. The second-order valence-corrected chi connectivity index (χ2v) is 6.98. The summed E-state index contributed by atoms with van der Waals surface area (Å²) in [6.07, 6.45) is 3.20. The maximum absolute atomic E-state index is 12.3. The predicted molar refractivity (Wildman–Crippen MR) is 91.0 cm³/mol. The molecule has 2 aromatic rings. The van der Waals surface area contributed by atoms with E-state index in [2.05, 4.69) is 9.97 Å². The van der Waals surface area contributed by atoms with Crippen LogP contribution in [0, 0.1) is 0 Å². The van der Waals surface area contributed by atoms with E-state index in [9.17, 15) is 4.79 Å². The number of carbonyl (C=O) groups is 1. The lowest BCUT2D eigenvalue weighted by Crippen LogP contribution is -2.42. The number of amides is 1. The Morgan fingerprint density at radius 2 is 2.04 bits per heavy atom. The van der Waals surface area contributed by atoms with Gasteiger partial charge in [0, 0.05) is 6.54 Å². The number of likely N-dealkylation sites (tertiary alicyclic amines) is 1. The second kappa shape index (κ2) is 6.63. The lowest BCUT2D eigenvalue weighted by molar-refractivity contribution is 0.0186. The average molecular weight is 329 g/mol. The molecule has 0 spiro atoms. The van der Waals surface area contributed by atoms with Gasteiger partial charge in [0.2, 0.25) is 5.88 Å². The summed E-state index contributed by atoms with van der Waals surface area (Å²) in [6, 6.07) is 7.66. The smallest absolute Gasteiger partial charge is 0.410 e. The molecule has 1 saturated heterocycles. The Balaban J connectivity index is 1.63. The molecule has 0 saturated carbocycles. The van der Waals surface area contributed by atoms with Gasteiger partial charge in [-0.15, -0.1) is 0 Å². The number of para-hydroxylation sites is 2. The van der Waals surface area contributed by atoms with Gasteiger partial charge in [0.25, 0.3) is 0 Å². The standard InChI is InChI=1S/C18H23N3O3/c1-18(2,3)24-17(22)21-10-6-7-13(21)12-23-16-11-19-14-8-4-5-9-15(14)20-16/h4-5,8-9,11,13H,6-7,10,12H2,1-3H3/t13-/m0/s1. The van der Waals surface area contributed by atoms with Gasteiger partial charge in [-0.1, -0.05) is 12.1 Å². The van der Waals surface area contributed by atoms with E-state index in [1.54, 1.807) is 11.1 Å². The molecule has 0 radical (unpaired) electrons. The van der Waals surface area contributed by atoms with Gasteiger partial charge in [0.05, 0.1) is 23.3 Å². The summed E-state index contributed by atoms with van der Waals surface area (Å²) >= 11 is 0. The molecule has 128 valence electrons. The molecule has 3 rings (SSSR count). The van der Waals surface area contributed by atoms with E-state index in [1.165, 1.54) is 0 Å². The van der Waals surface area contributed by atoms with Crippen molar-refractivity contribution < 1.29 is 14.3 Å². The van der Waals surface area contributed by atoms with Crippen LogP contribution < -0.4 is 4.74 Å². The fourth-order valence-electron chi connectivity index (χ4n) is 2.76. The molecule has 2 heterocycles. The molecule has 1 aromatic carbocycles. The molecular weight excluding hydrogens is 306 g/mol. The van der Waals surface area contributed by atoms with Crippen molar-refractivity contribution in [1.82, 2.24) is 14.9 Å². The summed E-state index contributed by atoms with van der Waals surface area (Å²) in [5, 5.41) is 0. The number of hydrogen-bond acceptors (Lipinski definition) is 5. The van der Waals surface area contributed by atoms with Crippen molar-refractivity contribution in [2.24, 2.45) is 0 Å². The van der Waals surface area contributed by atoms with Crippen LogP contribution >= 0.6 is 0 Å². The van der Waals surface area contributed by atoms with Crippen molar-refractivity contribution in [1.29, 1.82) is 0 Å². The Morgan fingerprint density at radius 3 is 2.79 bits per heavy atom. The van der Waals surface area contributed by atoms with Crippen molar-refractivity contribution in [3.8, 4) is 5.88 Å². The molecular formula is C18H23N3O3. The fourth-order valence-corrected chi connectivity index (χ4v) is 2.76. The molecule has 6 nitrogen and oxygen atoms in total. The number of rotatable bonds is 3. The second-order valence-electron chi connectivity index (χ2n) is 6.98. The molecule has 0 unspecified atom stereocenters. The molecule has 0 bridgehead atoms. The zero-order valence-electron chi connectivity index (χ0n) is 14.4. The molecule has 1 aromatic heterocycles. The molecule has 0 N–H and O–H groups in total. The summed E-state index contributed by atoms with van der Waals surface area (Å²) in [5.41, 5.74) is 1.14. The lowest BCUT2D eigenvalue weighted by Gasteiger charge is -2.28. The third-order valence-corrected chi connectivity index (χ3v) is 3.86.